The van der Waals surface area contributed by atoms with Crippen LogP contribution in [0.15, 0.2) is 48.5 Å². The number of para-hydroxylation sites is 2. The second-order valence-corrected chi connectivity index (χ2v) is 9.13. The summed E-state index contributed by atoms with van der Waals surface area (Å²) < 4.78 is 15.4. The van der Waals surface area contributed by atoms with Crippen LogP contribution in [0.2, 0.25) is 0 Å². The number of hydrogen-bond donors (Lipinski definition) is 0. The second-order valence-electron chi connectivity index (χ2n) is 9.13. The van der Waals surface area contributed by atoms with Crippen LogP contribution in [-0.4, -0.2) is 49.8 Å². The molecule has 2 fully saturated rings. The molecule has 3 aromatic rings. The molecule has 3 heterocycles. The van der Waals surface area contributed by atoms with Crippen molar-refractivity contribution in [1.29, 1.82) is 0 Å². The van der Waals surface area contributed by atoms with Gasteiger partial charge in [-0.2, -0.15) is 0 Å². The summed E-state index contributed by atoms with van der Waals surface area (Å²) in [5.41, 5.74) is 2.93. The lowest BCUT2D eigenvalue weighted by Gasteiger charge is -2.33. The van der Waals surface area contributed by atoms with Crippen molar-refractivity contribution in [2.75, 3.05) is 6.54 Å². The molecule has 2 amide bonds. The quantitative estimate of drug-likeness (QED) is 0.596. The third kappa shape index (κ3) is 4.24. The van der Waals surface area contributed by atoms with Crippen LogP contribution in [0.1, 0.15) is 43.5 Å². The SMILES string of the molecule is Cn1c(CCC(=O)N2CC[C@@H]3[C@H]2CCCC(=O)N3Cc2ccc(F)cc2)nc2ccccc21. The first-order valence-corrected chi connectivity index (χ1v) is 11.7. The average molecular weight is 449 g/mol. The number of rotatable bonds is 5. The van der Waals surface area contributed by atoms with E-state index < -0.39 is 0 Å². The number of nitrogens with zero attached hydrogens (tertiary/aromatic N) is 4. The summed E-state index contributed by atoms with van der Waals surface area (Å²) in [6.07, 6.45) is 3.91. The van der Waals surface area contributed by atoms with Crippen molar-refractivity contribution in [3.05, 3.63) is 65.7 Å². The fraction of sp³-hybridized carbons (Fsp3) is 0.423. The van der Waals surface area contributed by atoms with Crippen molar-refractivity contribution in [1.82, 2.24) is 19.4 Å². The maximum Gasteiger partial charge on any atom is 0.223 e. The van der Waals surface area contributed by atoms with Crippen molar-refractivity contribution < 1.29 is 14.0 Å². The van der Waals surface area contributed by atoms with Crippen molar-refractivity contribution in [2.24, 2.45) is 7.05 Å². The van der Waals surface area contributed by atoms with Gasteiger partial charge in [-0.15, -0.1) is 0 Å². The van der Waals surface area contributed by atoms with Gasteiger partial charge in [-0.25, -0.2) is 9.37 Å². The molecular weight excluding hydrogens is 419 g/mol. The third-order valence-electron chi connectivity index (χ3n) is 7.15. The fourth-order valence-corrected chi connectivity index (χ4v) is 5.42. The van der Waals surface area contributed by atoms with Gasteiger partial charge in [-0.3, -0.25) is 9.59 Å². The lowest BCUT2D eigenvalue weighted by Crippen LogP contribution is -2.47. The Bertz CT molecular complexity index is 1170. The van der Waals surface area contributed by atoms with Crippen LogP contribution < -0.4 is 0 Å². The van der Waals surface area contributed by atoms with Gasteiger partial charge in [-0.05, 0) is 49.1 Å². The van der Waals surface area contributed by atoms with Crippen LogP contribution in [0.5, 0.6) is 0 Å². The van der Waals surface area contributed by atoms with Gasteiger partial charge < -0.3 is 14.4 Å². The Balaban J connectivity index is 1.28. The highest BCUT2D eigenvalue weighted by Crippen LogP contribution is 2.32. The van der Waals surface area contributed by atoms with E-state index in [-0.39, 0.29) is 29.7 Å². The van der Waals surface area contributed by atoms with Gasteiger partial charge in [0.2, 0.25) is 11.8 Å². The van der Waals surface area contributed by atoms with Crippen LogP contribution in [0.25, 0.3) is 11.0 Å². The molecule has 2 saturated heterocycles. The molecule has 5 rings (SSSR count). The number of carbonyl (C=O) groups excluding carboxylic acids is 2. The first-order valence-electron chi connectivity index (χ1n) is 11.7. The number of likely N-dealkylation sites (tertiary alicyclic amines) is 2. The fourth-order valence-electron chi connectivity index (χ4n) is 5.42. The molecule has 33 heavy (non-hydrogen) atoms. The number of amides is 2. The van der Waals surface area contributed by atoms with Crippen molar-refractivity contribution >= 4 is 22.8 Å². The zero-order valence-electron chi connectivity index (χ0n) is 18.9. The summed E-state index contributed by atoms with van der Waals surface area (Å²) >= 11 is 0. The highest BCUT2D eigenvalue weighted by atomic mass is 19.1. The summed E-state index contributed by atoms with van der Waals surface area (Å²) in [6, 6.07) is 14.4. The molecule has 0 unspecified atom stereocenters. The molecule has 2 aromatic carbocycles. The predicted molar refractivity (Wildman–Crippen MR) is 124 cm³/mol. The van der Waals surface area contributed by atoms with E-state index in [0.717, 1.165) is 41.7 Å². The second kappa shape index (κ2) is 8.96. The maximum absolute atomic E-state index is 13.3. The number of hydrogen-bond acceptors (Lipinski definition) is 3. The molecule has 2 atom stereocenters. The standard InChI is InChI=1S/C26H29FN4O2/c1-29-21-6-3-2-5-20(21)28-24(29)13-14-26(33)30-16-15-23-22(30)7-4-8-25(32)31(23)17-18-9-11-19(27)12-10-18/h2-3,5-6,9-12,22-23H,4,7-8,13-17H2,1H3/t22-,23-/m1/s1. The van der Waals surface area contributed by atoms with Crippen molar-refractivity contribution in [3.63, 3.8) is 0 Å². The summed E-state index contributed by atoms with van der Waals surface area (Å²) in [5, 5.41) is 0. The van der Waals surface area contributed by atoms with E-state index in [1.165, 1.54) is 12.1 Å². The van der Waals surface area contributed by atoms with Crippen LogP contribution in [0, 0.1) is 5.82 Å². The Labute approximate surface area is 193 Å². The van der Waals surface area contributed by atoms with E-state index in [4.69, 9.17) is 4.98 Å². The number of aromatic nitrogens is 2. The smallest absolute Gasteiger partial charge is 0.223 e. The number of imidazole rings is 1. The monoisotopic (exact) mass is 448 g/mol. The Morgan fingerprint density at radius 1 is 1.09 bits per heavy atom. The molecule has 2 aliphatic heterocycles. The molecule has 0 saturated carbocycles. The molecule has 0 aliphatic carbocycles. The van der Waals surface area contributed by atoms with E-state index in [1.54, 1.807) is 12.1 Å². The van der Waals surface area contributed by atoms with E-state index in [2.05, 4.69) is 4.57 Å². The van der Waals surface area contributed by atoms with Crippen LogP contribution in [-0.2, 0) is 29.6 Å². The molecule has 7 heteroatoms. The van der Waals surface area contributed by atoms with Gasteiger partial charge in [0.05, 0.1) is 23.1 Å². The summed E-state index contributed by atoms with van der Waals surface area (Å²) in [5.74, 6) is 0.887. The highest BCUT2D eigenvalue weighted by molar-refractivity contribution is 5.80. The summed E-state index contributed by atoms with van der Waals surface area (Å²) in [4.78, 5) is 34.7. The average Bonchev–Trinajstić information content (AvgIpc) is 3.34. The largest absolute Gasteiger partial charge is 0.338 e. The minimum atomic E-state index is -0.280. The predicted octanol–water partition coefficient (Wildman–Crippen LogP) is 3.83. The normalized spacial score (nSPS) is 20.8. The van der Waals surface area contributed by atoms with E-state index >= 15 is 0 Å². The summed E-state index contributed by atoms with van der Waals surface area (Å²) in [7, 11) is 1.99. The lowest BCUT2D eigenvalue weighted by molar-refractivity contribution is -0.136. The topological polar surface area (TPSA) is 58.4 Å². The minimum absolute atomic E-state index is 0.0183. The van der Waals surface area contributed by atoms with E-state index in [9.17, 15) is 14.0 Å². The van der Waals surface area contributed by atoms with E-state index in [1.807, 2.05) is 41.1 Å². The van der Waals surface area contributed by atoms with Crippen molar-refractivity contribution in [2.45, 2.75) is 57.2 Å². The Morgan fingerprint density at radius 2 is 1.88 bits per heavy atom. The Hall–Kier alpha value is -3.22. The molecule has 2 aliphatic rings. The molecule has 172 valence electrons. The van der Waals surface area contributed by atoms with E-state index in [0.29, 0.717) is 32.4 Å². The van der Waals surface area contributed by atoms with Gasteiger partial charge >= 0.3 is 0 Å². The molecule has 1 aromatic heterocycles. The van der Waals surface area contributed by atoms with Crippen LogP contribution in [0.4, 0.5) is 4.39 Å². The molecule has 0 spiro atoms. The number of fused-ring (bicyclic) bond motifs is 2. The van der Waals surface area contributed by atoms with Crippen LogP contribution in [0.3, 0.4) is 0 Å². The Morgan fingerprint density at radius 3 is 2.67 bits per heavy atom. The summed E-state index contributed by atoms with van der Waals surface area (Å²) in [6.45, 7) is 1.13. The number of halogens is 1. The number of carbonyl (C=O) groups is 2. The van der Waals surface area contributed by atoms with Crippen LogP contribution >= 0.6 is 0 Å². The molecule has 0 N–H and O–H groups in total. The molecular formula is C26H29FN4O2. The lowest BCUT2D eigenvalue weighted by atomic mass is 10.0. The van der Waals surface area contributed by atoms with Gasteiger partial charge in [0.1, 0.15) is 11.6 Å². The maximum atomic E-state index is 13.3. The van der Waals surface area contributed by atoms with Crippen molar-refractivity contribution in [3.8, 4) is 0 Å². The molecule has 0 radical (unpaired) electrons. The first kappa shape index (κ1) is 21.6. The number of aryl methyl sites for hydroxylation is 2. The minimum Gasteiger partial charge on any atom is -0.338 e. The first-order chi connectivity index (χ1) is 16.0. The highest BCUT2D eigenvalue weighted by Gasteiger charge is 2.42. The zero-order valence-corrected chi connectivity index (χ0v) is 18.9. The molecule has 6 nitrogen and oxygen atoms in total. The molecule has 0 bridgehead atoms. The number of benzene rings is 2. The van der Waals surface area contributed by atoms with Gasteiger partial charge in [0.25, 0.3) is 0 Å². The Kier molecular flexibility index (Phi) is 5.87. The zero-order chi connectivity index (χ0) is 22.9. The van der Waals surface area contributed by atoms with Gasteiger partial charge in [0, 0.05) is 39.4 Å². The third-order valence-corrected chi connectivity index (χ3v) is 7.15. The van der Waals surface area contributed by atoms with Gasteiger partial charge in [0.15, 0.2) is 0 Å². The van der Waals surface area contributed by atoms with Gasteiger partial charge in [-0.1, -0.05) is 24.3 Å².